The molecule has 0 aliphatic heterocycles. The molecule has 0 radical (unpaired) electrons. The first-order valence-electron chi connectivity index (χ1n) is 5.44. The van der Waals surface area contributed by atoms with Gasteiger partial charge < -0.3 is 5.73 Å². The van der Waals surface area contributed by atoms with Gasteiger partial charge in [-0.3, -0.25) is 0 Å². The van der Waals surface area contributed by atoms with Crippen LogP contribution in [0.25, 0.3) is 16.6 Å². The van der Waals surface area contributed by atoms with Crippen molar-refractivity contribution >= 4 is 22.8 Å². The normalized spacial score (nSPS) is 11.1. The maximum atomic E-state index is 13.8. The Bertz CT molecular complexity index is 783. The number of nitrogen functional groups attached to an aromatic ring is 1. The highest BCUT2D eigenvalue weighted by molar-refractivity contribution is 6.33. The molecule has 0 fully saturated rings. The molecule has 3 rings (SSSR count). The molecule has 0 atom stereocenters. The van der Waals surface area contributed by atoms with Crippen molar-refractivity contribution in [1.29, 1.82) is 0 Å². The first-order chi connectivity index (χ1) is 9.06. The van der Waals surface area contributed by atoms with Crippen LogP contribution in [0, 0.1) is 11.6 Å². The topological polar surface area (TPSA) is 43.3 Å². The number of hydrogen-bond donors (Lipinski definition) is 1. The highest BCUT2D eigenvalue weighted by Gasteiger charge is 2.13. The third-order valence-corrected chi connectivity index (χ3v) is 3.18. The van der Waals surface area contributed by atoms with Gasteiger partial charge in [0.2, 0.25) is 0 Å². The molecule has 1 aromatic carbocycles. The predicted molar refractivity (Wildman–Crippen MR) is 70.0 cm³/mol. The van der Waals surface area contributed by atoms with E-state index in [4.69, 9.17) is 17.3 Å². The zero-order chi connectivity index (χ0) is 13.6. The van der Waals surface area contributed by atoms with Crippen LogP contribution < -0.4 is 5.73 Å². The average Bonchev–Trinajstić information content (AvgIpc) is 2.76. The van der Waals surface area contributed by atoms with E-state index in [0.29, 0.717) is 21.8 Å². The number of rotatable bonds is 1. The third-order valence-electron chi connectivity index (χ3n) is 2.84. The van der Waals surface area contributed by atoms with Gasteiger partial charge >= 0.3 is 0 Å². The van der Waals surface area contributed by atoms with Crippen molar-refractivity contribution in [1.82, 2.24) is 9.61 Å². The minimum absolute atomic E-state index is 0.197. The monoisotopic (exact) mass is 279 g/mol. The lowest BCUT2D eigenvalue weighted by atomic mass is 10.1. The summed E-state index contributed by atoms with van der Waals surface area (Å²) in [5, 5.41) is 4.35. The Hall–Kier alpha value is -2.14. The van der Waals surface area contributed by atoms with E-state index >= 15 is 0 Å². The van der Waals surface area contributed by atoms with Gasteiger partial charge in [0.15, 0.2) is 5.82 Å². The summed E-state index contributed by atoms with van der Waals surface area (Å²) in [6, 6.07) is 5.78. The van der Waals surface area contributed by atoms with E-state index < -0.39 is 11.6 Å². The van der Waals surface area contributed by atoms with E-state index in [-0.39, 0.29) is 5.52 Å². The molecule has 2 N–H and O–H groups in total. The van der Waals surface area contributed by atoms with Crippen LogP contribution in [0.5, 0.6) is 0 Å². The second-order valence-electron chi connectivity index (χ2n) is 4.09. The first-order valence-corrected chi connectivity index (χ1v) is 5.82. The maximum absolute atomic E-state index is 13.8. The molecule has 3 aromatic rings. The molecule has 3 nitrogen and oxygen atoms in total. The van der Waals surface area contributed by atoms with Crippen LogP contribution in [0.4, 0.5) is 14.5 Å². The number of pyridine rings is 1. The summed E-state index contributed by atoms with van der Waals surface area (Å²) in [6.45, 7) is 0. The highest BCUT2D eigenvalue weighted by Crippen LogP contribution is 2.30. The van der Waals surface area contributed by atoms with Gasteiger partial charge in [0, 0.05) is 11.6 Å². The molecular weight excluding hydrogens is 272 g/mol. The van der Waals surface area contributed by atoms with Crippen molar-refractivity contribution in [3.8, 4) is 11.1 Å². The van der Waals surface area contributed by atoms with Gasteiger partial charge in [0.1, 0.15) is 11.3 Å². The molecule has 0 aliphatic carbocycles. The predicted octanol–water partition coefficient (Wildman–Crippen LogP) is 3.52. The Morgan fingerprint density at radius 2 is 2.00 bits per heavy atom. The summed E-state index contributed by atoms with van der Waals surface area (Å²) in [7, 11) is 0. The SMILES string of the molecule is Nc1cc(-c2cnn3cc(F)cc(F)c23)ccc1Cl. The lowest BCUT2D eigenvalue weighted by Gasteiger charge is -2.03. The van der Waals surface area contributed by atoms with Crippen LogP contribution in [0.15, 0.2) is 36.7 Å². The van der Waals surface area contributed by atoms with Crippen molar-refractivity contribution < 1.29 is 8.78 Å². The van der Waals surface area contributed by atoms with E-state index in [1.807, 2.05) is 0 Å². The van der Waals surface area contributed by atoms with Gasteiger partial charge in [-0.15, -0.1) is 0 Å². The van der Waals surface area contributed by atoms with Gasteiger partial charge in [0.05, 0.1) is 23.1 Å². The summed E-state index contributed by atoms with van der Waals surface area (Å²) in [5.41, 5.74) is 7.50. The van der Waals surface area contributed by atoms with Gasteiger partial charge in [-0.2, -0.15) is 5.10 Å². The molecule has 2 aromatic heterocycles. The number of benzene rings is 1. The molecule has 96 valence electrons. The fraction of sp³-hybridized carbons (Fsp3) is 0. The molecule has 2 heterocycles. The minimum Gasteiger partial charge on any atom is -0.398 e. The lowest BCUT2D eigenvalue weighted by molar-refractivity contribution is 0.573. The Kier molecular flexibility index (Phi) is 2.64. The summed E-state index contributed by atoms with van der Waals surface area (Å²) in [6.07, 6.45) is 2.57. The molecule has 0 amide bonds. The molecular formula is C13H8ClF2N3. The number of aromatic nitrogens is 2. The first kappa shape index (κ1) is 11.9. The van der Waals surface area contributed by atoms with Gasteiger partial charge in [-0.1, -0.05) is 17.7 Å². The standard InChI is InChI=1S/C13H8ClF2N3/c14-10-2-1-7(3-12(10)17)9-5-18-19-6-8(15)4-11(16)13(9)19/h1-6H,17H2. The summed E-state index contributed by atoms with van der Waals surface area (Å²) < 4.78 is 28.1. The van der Waals surface area contributed by atoms with Crippen LogP contribution in [0.3, 0.4) is 0 Å². The fourth-order valence-electron chi connectivity index (χ4n) is 1.96. The van der Waals surface area contributed by atoms with E-state index in [2.05, 4.69) is 5.10 Å². The quantitative estimate of drug-likeness (QED) is 0.693. The summed E-state index contributed by atoms with van der Waals surface area (Å²) >= 11 is 5.84. The number of nitrogens with two attached hydrogens (primary N) is 1. The van der Waals surface area contributed by atoms with Crippen LogP contribution in [-0.2, 0) is 0 Å². The van der Waals surface area contributed by atoms with Crippen LogP contribution in [0.2, 0.25) is 5.02 Å². The molecule has 0 unspecified atom stereocenters. The Morgan fingerprint density at radius 3 is 2.74 bits per heavy atom. The third kappa shape index (κ3) is 1.92. The molecule has 0 aliphatic rings. The maximum Gasteiger partial charge on any atom is 0.152 e. The number of hydrogen-bond acceptors (Lipinski definition) is 2. The van der Waals surface area contributed by atoms with Crippen molar-refractivity contribution in [2.24, 2.45) is 0 Å². The van der Waals surface area contributed by atoms with Crippen molar-refractivity contribution in [2.75, 3.05) is 5.73 Å². The molecule has 0 saturated heterocycles. The fourth-order valence-corrected chi connectivity index (χ4v) is 2.08. The van der Waals surface area contributed by atoms with Gasteiger partial charge in [0.25, 0.3) is 0 Å². The summed E-state index contributed by atoms with van der Waals surface area (Å²) in [4.78, 5) is 0. The highest BCUT2D eigenvalue weighted by atomic mass is 35.5. The number of fused-ring (bicyclic) bond motifs is 1. The van der Waals surface area contributed by atoms with Gasteiger partial charge in [-0.05, 0) is 17.7 Å². The number of halogens is 3. The Labute approximate surface area is 112 Å². The van der Waals surface area contributed by atoms with Crippen molar-refractivity contribution in [3.05, 3.63) is 53.3 Å². The lowest BCUT2D eigenvalue weighted by Crippen LogP contribution is -1.93. The molecule has 0 bridgehead atoms. The number of anilines is 1. The average molecular weight is 280 g/mol. The molecule has 0 spiro atoms. The van der Waals surface area contributed by atoms with Crippen molar-refractivity contribution in [3.63, 3.8) is 0 Å². The second kappa shape index (κ2) is 4.20. The van der Waals surface area contributed by atoms with E-state index in [0.717, 1.165) is 16.8 Å². The second-order valence-corrected chi connectivity index (χ2v) is 4.50. The largest absolute Gasteiger partial charge is 0.398 e. The summed E-state index contributed by atoms with van der Waals surface area (Å²) in [5.74, 6) is -1.36. The Balaban J connectivity index is 2.28. The van der Waals surface area contributed by atoms with Crippen molar-refractivity contribution in [2.45, 2.75) is 0 Å². The van der Waals surface area contributed by atoms with Crippen LogP contribution in [0.1, 0.15) is 0 Å². The van der Waals surface area contributed by atoms with E-state index in [1.165, 1.54) is 6.20 Å². The van der Waals surface area contributed by atoms with Crippen LogP contribution in [-0.4, -0.2) is 9.61 Å². The molecule has 6 heteroatoms. The van der Waals surface area contributed by atoms with Crippen LogP contribution >= 0.6 is 11.6 Å². The Morgan fingerprint density at radius 1 is 1.21 bits per heavy atom. The van der Waals surface area contributed by atoms with E-state index in [1.54, 1.807) is 18.2 Å². The zero-order valence-corrected chi connectivity index (χ0v) is 10.3. The zero-order valence-electron chi connectivity index (χ0n) is 9.57. The molecule has 19 heavy (non-hydrogen) atoms. The molecule has 0 saturated carbocycles. The minimum atomic E-state index is -0.685. The number of nitrogens with zero attached hydrogens (tertiary/aromatic N) is 2. The van der Waals surface area contributed by atoms with E-state index in [9.17, 15) is 8.78 Å². The smallest absolute Gasteiger partial charge is 0.152 e. The van der Waals surface area contributed by atoms with Gasteiger partial charge in [-0.25, -0.2) is 13.3 Å².